The number of furan rings is 1. The van der Waals surface area contributed by atoms with Crippen molar-refractivity contribution in [3.8, 4) is 39.1 Å². The molecular formula is C48H30N2O. The number of para-hydroxylation sites is 6. The average molecular weight is 651 g/mol. The molecule has 0 saturated carbocycles. The van der Waals surface area contributed by atoms with E-state index in [1.54, 1.807) is 0 Å². The zero-order valence-corrected chi connectivity index (χ0v) is 27.6. The molecule has 0 bridgehead atoms. The van der Waals surface area contributed by atoms with Crippen LogP contribution in [0.2, 0.25) is 0 Å². The number of hydrogen-bond acceptors (Lipinski definition) is 2. The third-order valence-electron chi connectivity index (χ3n) is 10.5. The van der Waals surface area contributed by atoms with Crippen molar-refractivity contribution in [2.24, 2.45) is 0 Å². The molecule has 0 N–H and O–H groups in total. The minimum atomic E-state index is 0.905. The number of fused-ring (bicyclic) bond motifs is 12. The van der Waals surface area contributed by atoms with Crippen molar-refractivity contribution in [1.82, 2.24) is 4.57 Å². The molecule has 0 aliphatic carbocycles. The van der Waals surface area contributed by atoms with Crippen molar-refractivity contribution in [2.45, 2.75) is 0 Å². The van der Waals surface area contributed by atoms with Crippen LogP contribution in [0.4, 0.5) is 17.1 Å². The second kappa shape index (κ2) is 10.8. The summed E-state index contributed by atoms with van der Waals surface area (Å²) in [5, 5.41) is 4.75. The summed E-state index contributed by atoms with van der Waals surface area (Å²) in [6.07, 6.45) is 0. The van der Waals surface area contributed by atoms with Crippen LogP contribution in [0.1, 0.15) is 0 Å². The van der Waals surface area contributed by atoms with Gasteiger partial charge in [-0.15, -0.1) is 0 Å². The fraction of sp³-hybridized carbons (Fsp3) is 0. The molecule has 10 aromatic rings. The lowest BCUT2D eigenvalue weighted by Gasteiger charge is -2.25. The van der Waals surface area contributed by atoms with Crippen LogP contribution in [-0.4, -0.2) is 4.57 Å². The van der Waals surface area contributed by atoms with Gasteiger partial charge < -0.3 is 13.9 Å². The Morgan fingerprint density at radius 2 is 0.961 bits per heavy atom. The lowest BCUT2D eigenvalue weighted by molar-refractivity contribution is 0.671. The van der Waals surface area contributed by atoms with Crippen molar-refractivity contribution >= 4 is 60.8 Å². The molecule has 2 aromatic heterocycles. The zero-order chi connectivity index (χ0) is 33.5. The molecule has 0 saturated heterocycles. The van der Waals surface area contributed by atoms with E-state index in [1.807, 2.05) is 0 Å². The van der Waals surface area contributed by atoms with Crippen LogP contribution in [0.25, 0.3) is 82.8 Å². The molecule has 1 aliphatic heterocycles. The maximum Gasteiger partial charge on any atom is 0.143 e. The summed E-state index contributed by atoms with van der Waals surface area (Å²) in [4.78, 5) is 2.29. The third kappa shape index (κ3) is 4.06. The summed E-state index contributed by atoms with van der Waals surface area (Å²) < 4.78 is 9.57. The van der Waals surface area contributed by atoms with Crippen molar-refractivity contribution in [3.05, 3.63) is 182 Å². The van der Waals surface area contributed by atoms with Gasteiger partial charge in [-0.05, 0) is 65.7 Å². The highest BCUT2D eigenvalue weighted by atomic mass is 16.3. The maximum atomic E-state index is 7.12. The molecule has 3 heterocycles. The molecule has 1 aliphatic rings. The largest absolute Gasteiger partial charge is 0.455 e. The van der Waals surface area contributed by atoms with Crippen molar-refractivity contribution in [2.75, 3.05) is 4.90 Å². The highest BCUT2D eigenvalue weighted by molar-refractivity contribution is 6.22. The van der Waals surface area contributed by atoms with Gasteiger partial charge in [-0.2, -0.15) is 0 Å². The Balaban J connectivity index is 1.13. The molecule has 8 aromatic carbocycles. The molecule has 0 spiro atoms. The normalized spacial score (nSPS) is 11.9. The second-order valence-corrected chi connectivity index (χ2v) is 13.3. The Morgan fingerprint density at radius 1 is 0.373 bits per heavy atom. The number of nitrogens with zero attached hydrogens (tertiary/aromatic N) is 2. The minimum Gasteiger partial charge on any atom is -0.455 e. The minimum absolute atomic E-state index is 0.905. The van der Waals surface area contributed by atoms with E-state index in [2.05, 4.69) is 191 Å². The Morgan fingerprint density at radius 3 is 1.75 bits per heavy atom. The van der Waals surface area contributed by atoms with E-state index >= 15 is 0 Å². The van der Waals surface area contributed by atoms with Crippen LogP contribution < -0.4 is 4.90 Å². The van der Waals surface area contributed by atoms with Gasteiger partial charge in [-0.3, -0.25) is 0 Å². The zero-order valence-electron chi connectivity index (χ0n) is 27.6. The second-order valence-electron chi connectivity index (χ2n) is 13.3. The van der Waals surface area contributed by atoms with Crippen molar-refractivity contribution < 1.29 is 4.42 Å². The van der Waals surface area contributed by atoms with Gasteiger partial charge in [0.1, 0.15) is 11.2 Å². The Labute approximate surface area is 294 Å². The number of aromatic nitrogens is 1. The van der Waals surface area contributed by atoms with Gasteiger partial charge in [0.05, 0.1) is 16.7 Å². The summed E-state index contributed by atoms with van der Waals surface area (Å²) in [7, 11) is 0. The van der Waals surface area contributed by atoms with Crippen LogP contribution in [0, 0.1) is 0 Å². The van der Waals surface area contributed by atoms with Gasteiger partial charge in [0.2, 0.25) is 0 Å². The van der Waals surface area contributed by atoms with E-state index in [1.165, 1.54) is 44.2 Å². The van der Waals surface area contributed by atoms with Crippen LogP contribution >= 0.6 is 0 Å². The Hall–Kier alpha value is -6.84. The van der Waals surface area contributed by atoms with Crippen LogP contribution in [0.5, 0.6) is 0 Å². The first-order chi connectivity index (χ1) is 25.3. The van der Waals surface area contributed by atoms with Crippen LogP contribution in [0.3, 0.4) is 0 Å². The summed E-state index contributed by atoms with van der Waals surface area (Å²) in [5.74, 6) is 0. The average Bonchev–Trinajstić information content (AvgIpc) is 3.71. The smallest absolute Gasteiger partial charge is 0.143 e. The lowest BCUT2D eigenvalue weighted by Crippen LogP contribution is -2.09. The highest BCUT2D eigenvalue weighted by Crippen LogP contribution is 2.51. The third-order valence-corrected chi connectivity index (χ3v) is 10.5. The first-order valence-electron chi connectivity index (χ1n) is 17.4. The standard InChI is InChI=1S/C48H30N2O/c1-3-13-32(14-4-1)49(33-15-5-2-6-16-33)34-27-25-31(26-28-34)35-19-11-21-40-41-30-29-38-36-17-7-9-23-43(36)50-44-24-10-8-18-37(44)39-20-12-22-42(46(39)50)45(38)48(41)51-47(35)40/h1-30H. The molecule has 3 nitrogen and oxygen atoms in total. The molecule has 238 valence electrons. The number of anilines is 3. The van der Waals surface area contributed by atoms with Crippen molar-refractivity contribution in [3.63, 3.8) is 0 Å². The molecule has 51 heavy (non-hydrogen) atoms. The topological polar surface area (TPSA) is 21.3 Å². The van der Waals surface area contributed by atoms with Crippen molar-refractivity contribution in [1.29, 1.82) is 0 Å². The van der Waals surface area contributed by atoms with Gasteiger partial charge in [0, 0.05) is 60.9 Å². The van der Waals surface area contributed by atoms with Gasteiger partial charge in [0.25, 0.3) is 0 Å². The van der Waals surface area contributed by atoms with Crippen LogP contribution in [0.15, 0.2) is 186 Å². The predicted octanol–water partition coefficient (Wildman–Crippen LogP) is 13.5. The lowest BCUT2D eigenvalue weighted by atomic mass is 9.91. The van der Waals surface area contributed by atoms with Gasteiger partial charge in [0.15, 0.2) is 0 Å². The molecular weight excluding hydrogens is 621 g/mol. The fourth-order valence-electron chi connectivity index (χ4n) is 8.34. The van der Waals surface area contributed by atoms with Gasteiger partial charge >= 0.3 is 0 Å². The number of benzene rings is 8. The molecule has 11 rings (SSSR count). The summed E-state index contributed by atoms with van der Waals surface area (Å²) in [6.45, 7) is 0. The first-order valence-corrected chi connectivity index (χ1v) is 17.4. The molecule has 0 unspecified atom stereocenters. The molecule has 0 atom stereocenters. The van der Waals surface area contributed by atoms with Crippen LogP contribution in [-0.2, 0) is 0 Å². The highest BCUT2D eigenvalue weighted by Gasteiger charge is 2.27. The molecule has 3 heteroatoms. The predicted molar refractivity (Wildman–Crippen MR) is 213 cm³/mol. The fourth-order valence-corrected chi connectivity index (χ4v) is 8.34. The van der Waals surface area contributed by atoms with E-state index in [0.29, 0.717) is 0 Å². The quantitative estimate of drug-likeness (QED) is 0.189. The van der Waals surface area contributed by atoms with Gasteiger partial charge in [-0.25, -0.2) is 0 Å². The van der Waals surface area contributed by atoms with E-state index in [-0.39, 0.29) is 0 Å². The maximum absolute atomic E-state index is 7.12. The van der Waals surface area contributed by atoms with E-state index in [4.69, 9.17) is 4.42 Å². The summed E-state index contributed by atoms with van der Waals surface area (Å²) in [6, 6.07) is 65.2. The molecule has 0 amide bonds. The molecule has 0 radical (unpaired) electrons. The first kappa shape index (κ1) is 28.0. The van der Waals surface area contributed by atoms with Gasteiger partial charge in [-0.1, -0.05) is 127 Å². The van der Waals surface area contributed by atoms with E-state index in [9.17, 15) is 0 Å². The Kier molecular flexibility index (Phi) is 5.96. The SMILES string of the molecule is c1ccc(N(c2ccccc2)c2ccc(-c3cccc4c3oc3c5c(ccc34)-c3ccccc3-n3c4ccccc4c4cccc-5c43)cc2)cc1. The Bertz CT molecular complexity index is 2910. The number of hydrogen-bond donors (Lipinski definition) is 0. The van der Waals surface area contributed by atoms with E-state index in [0.717, 1.165) is 55.7 Å². The monoisotopic (exact) mass is 650 g/mol. The summed E-state index contributed by atoms with van der Waals surface area (Å²) >= 11 is 0. The summed E-state index contributed by atoms with van der Waals surface area (Å²) in [5.41, 5.74) is 15.7. The van der Waals surface area contributed by atoms with E-state index < -0.39 is 0 Å². The number of rotatable bonds is 4. The molecule has 0 fully saturated rings.